The Kier molecular flexibility index (Phi) is 8.52. The Hall–Kier alpha value is -3.04. The number of thioether (sulfide) groups is 1. The zero-order valence-corrected chi connectivity index (χ0v) is 19.0. The van der Waals surface area contributed by atoms with Gasteiger partial charge in [0.2, 0.25) is 17.7 Å². The molecule has 9 heteroatoms. The molecule has 2 aromatic carbocycles. The quantitative estimate of drug-likeness (QED) is 0.461. The third kappa shape index (κ3) is 7.58. The van der Waals surface area contributed by atoms with Crippen molar-refractivity contribution in [2.75, 3.05) is 18.2 Å². The Bertz CT molecular complexity index is 951. The summed E-state index contributed by atoms with van der Waals surface area (Å²) in [5.74, 6) is 0.439. The molecule has 32 heavy (non-hydrogen) atoms. The Morgan fingerprint density at radius 2 is 1.94 bits per heavy atom. The summed E-state index contributed by atoms with van der Waals surface area (Å²) in [5, 5.41) is 11.7. The van der Waals surface area contributed by atoms with Crippen molar-refractivity contribution < 1.29 is 19.1 Å². The van der Waals surface area contributed by atoms with E-state index in [4.69, 9.17) is 4.74 Å². The SMILES string of the molecule is COc1cccc(CNC(=O)CC2CC(=O)NC(SCC(=O)Nc3ccc(C)cc3)N2)c1. The van der Waals surface area contributed by atoms with E-state index in [0.717, 1.165) is 22.6 Å². The molecule has 1 aliphatic heterocycles. The van der Waals surface area contributed by atoms with Gasteiger partial charge in [-0.1, -0.05) is 29.8 Å². The predicted molar refractivity (Wildman–Crippen MR) is 125 cm³/mol. The summed E-state index contributed by atoms with van der Waals surface area (Å²) in [5.41, 5.74) is 2.34. The molecule has 0 bridgehead atoms. The standard InChI is InChI=1S/C23H28N4O4S/c1-15-6-8-17(9-7-15)25-22(30)14-32-23-26-18(12-21(29)27-23)11-20(28)24-13-16-4-3-5-19(10-16)31-2/h3-10,18,23,26H,11-14H2,1-2H3,(H,24,28)(H,25,30)(H,27,29). The fraction of sp³-hybridized carbons (Fsp3) is 0.348. The zero-order valence-electron chi connectivity index (χ0n) is 18.1. The van der Waals surface area contributed by atoms with Crippen LogP contribution in [0.1, 0.15) is 24.0 Å². The van der Waals surface area contributed by atoms with Gasteiger partial charge in [0.1, 0.15) is 11.2 Å². The van der Waals surface area contributed by atoms with Crippen LogP contribution in [0.3, 0.4) is 0 Å². The van der Waals surface area contributed by atoms with E-state index in [2.05, 4.69) is 21.3 Å². The van der Waals surface area contributed by atoms with Crippen molar-refractivity contribution in [3.8, 4) is 5.75 Å². The van der Waals surface area contributed by atoms with Crippen LogP contribution in [0.2, 0.25) is 0 Å². The molecule has 3 rings (SSSR count). The summed E-state index contributed by atoms with van der Waals surface area (Å²) < 4.78 is 5.19. The minimum Gasteiger partial charge on any atom is -0.497 e. The summed E-state index contributed by atoms with van der Waals surface area (Å²) in [6.45, 7) is 2.36. The molecule has 1 saturated heterocycles. The lowest BCUT2D eigenvalue weighted by Crippen LogP contribution is -2.56. The van der Waals surface area contributed by atoms with E-state index in [0.29, 0.717) is 6.54 Å². The van der Waals surface area contributed by atoms with E-state index in [1.54, 1.807) is 7.11 Å². The molecule has 170 valence electrons. The molecule has 3 amide bonds. The second kappa shape index (κ2) is 11.5. The number of nitrogens with one attached hydrogen (secondary N) is 4. The molecule has 2 atom stereocenters. The van der Waals surface area contributed by atoms with E-state index in [1.807, 2.05) is 55.5 Å². The normalized spacial score (nSPS) is 17.9. The summed E-state index contributed by atoms with van der Waals surface area (Å²) in [6, 6.07) is 14.7. The van der Waals surface area contributed by atoms with Gasteiger partial charge in [0.05, 0.1) is 12.9 Å². The first-order valence-electron chi connectivity index (χ1n) is 10.3. The van der Waals surface area contributed by atoms with Crippen molar-refractivity contribution in [2.45, 2.75) is 37.8 Å². The molecule has 4 N–H and O–H groups in total. The third-order valence-electron chi connectivity index (χ3n) is 4.88. The van der Waals surface area contributed by atoms with E-state index >= 15 is 0 Å². The highest BCUT2D eigenvalue weighted by Crippen LogP contribution is 2.16. The van der Waals surface area contributed by atoms with Crippen LogP contribution >= 0.6 is 11.8 Å². The van der Waals surface area contributed by atoms with Gasteiger partial charge < -0.3 is 20.7 Å². The molecule has 1 fully saturated rings. The van der Waals surface area contributed by atoms with Gasteiger partial charge in [-0.25, -0.2) is 0 Å². The largest absolute Gasteiger partial charge is 0.497 e. The average molecular weight is 457 g/mol. The van der Waals surface area contributed by atoms with Crippen molar-refractivity contribution in [1.82, 2.24) is 16.0 Å². The van der Waals surface area contributed by atoms with Gasteiger partial charge in [-0.3, -0.25) is 19.7 Å². The van der Waals surface area contributed by atoms with Crippen LogP contribution in [0, 0.1) is 6.92 Å². The maximum atomic E-state index is 12.4. The molecule has 2 unspecified atom stereocenters. The molecular weight excluding hydrogens is 428 g/mol. The van der Waals surface area contributed by atoms with Crippen LogP contribution in [0.5, 0.6) is 5.75 Å². The number of aryl methyl sites for hydroxylation is 1. The van der Waals surface area contributed by atoms with Gasteiger partial charge in [0, 0.05) is 31.1 Å². The Labute approximate surface area is 191 Å². The van der Waals surface area contributed by atoms with Gasteiger partial charge in [-0.05, 0) is 36.8 Å². The summed E-state index contributed by atoms with van der Waals surface area (Å²) in [7, 11) is 1.60. The minimum atomic E-state index is -0.434. The molecule has 1 heterocycles. The maximum absolute atomic E-state index is 12.4. The molecular formula is C23H28N4O4S. The summed E-state index contributed by atoms with van der Waals surface area (Å²) in [6.07, 6.45) is 0.378. The van der Waals surface area contributed by atoms with E-state index in [-0.39, 0.29) is 42.4 Å². The summed E-state index contributed by atoms with van der Waals surface area (Å²) in [4.78, 5) is 36.6. The Balaban J connectivity index is 1.42. The number of amides is 3. The number of benzene rings is 2. The van der Waals surface area contributed by atoms with E-state index < -0.39 is 5.50 Å². The molecule has 1 aliphatic rings. The highest BCUT2D eigenvalue weighted by atomic mass is 32.2. The highest BCUT2D eigenvalue weighted by molar-refractivity contribution is 8.00. The van der Waals surface area contributed by atoms with Crippen LogP contribution in [0.25, 0.3) is 0 Å². The molecule has 0 saturated carbocycles. The molecule has 0 aliphatic carbocycles. The number of hydrogen-bond donors (Lipinski definition) is 4. The fourth-order valence-electron chi connectivity index (χ4n) is 3.24. The van der Waals surface area contributed by atoms with E-state index in [9.17, 15) is 14.4 Å². The van der Waals surface area contributed by atoms with Crippen LogP contribution < -0.4 is 26.0 Å². The van der Waals surface area contributed by atoms with E-state index in [1.165, 1.54) is 11.8 Å². The van der Waals surface area contributed by atoms with Gasteiger partial charge in [0.25, 0.3) is 0 Å². The third-order valence-corrected chi connectivity index (χ3v) is 5.90. The van der Waals surface area contributed by atoms with Gasteiger partial charge >= 0.3 is 0 Å². The lowest BCUT2D eigenvalue weighted by Gasteiger charge is -2.30. The number of ether oxygens (including phenoxy) is 1. The van der Waals surface area contributed by atoms with Crippen molar-refractivity contribution in [1.29, 1.82) is 0 Å². The summed E-state index contributed by atoms with van der Waals surface area (Å²) >= 11 is 1.28. The molecule has 0 spiro atoms. The van der Waals surface area contributed by atoms with Crippen molar-refractivity contribution >= 4 is 35.2 Å². The molecule has 2 aromatic rings. The first-order valence-corrected chi connectivity index (χ1v) is 11.4. The van der Waals surface area contributed by atoms with Gasteiger partial charge in [-0.2, -0.15) is 0 Å². The smallest absolute Gasteiger partial charge is 0.234 e. The van der Waals surface area contributed by atoms with Crippen molar-refractivity contribution in [3.63, 3.8) is 0 Å². The minimum absolute atomic E-state index is 0.147. The van der Waals surface area contributed by atoms with Gasteiger partial charge in [0.15, 0.2) is 0 Å². The van der Waals surface area contributed by atoms with Gasteiger partial charge in [-0.15, -0.1) is 11.8 Å². The number of methoxy groups -OCH3 is 1. The lowest BCUT2D eigenvalue weighted by molar-refractivity contribution is -0.125. The molecule has 0 radical (unpaired) electrons. The first-order chi connectivity index (χ1) is 15.4. The predicted octanol–water partition coefficient (Wildman–Crippen LogP) is 2.14. The number of hydrogen-bond acceptors (Lipinski definition) is 6. The van der Waals surface area contributed by atoms with Crippen LogP contribution in [0.4, 0.5) is 5.69 Å². The maximum Gasteiger partial charge on any atom is 0.234 e. The second-order valence-electron chi connectivity index (χ2n) is 7.57. The number of anilines is 1. The fourth-order valence-corrected chi connectivity index (χ4v) is 4.13. The molecule has 0 aromatic heterocycles. The zero-order chi connectivity index (χ0) is 22.9. The van der Waals surface area contributed by atoms with Crippen molar-refractivity contribution in [3.05, 3.63) is 59.7 Å². The first kappa shape index (κ1) is 23.6. The van der Waals surface area contributed by atoms with Crippen LogP contribution in [-0.2, 0) is 20.9 Å². The van der Waals surface area contributed by atoms with Crippen LogP contribution in [-0.4, -0.2) is 42.1 Å². The Morgan fingerprint density at radius 1 is 1.16 bits per heavy atom. The van der Waals surface area contributed by atoms with Crippen LogP contribution in [0.15, 0.2) is 48.5 Å². The number of carbonyl (C=O) groups is 3. The topological polar surface area (TPSA) is 109 Å². The Morgan fingerprint density at radius 3 is 2.69 bits per heavy atom. The van der Waals surface area contributed by atoms with Crippen molar-refractivity contribution in [2.24, 2.45) is 0 Å². The number of carbonyl (C=O) groups excluding carboxylic acids is 3. The average Bonchev–Trinajstić information content (AvgIpc) is 2.78. The molecule has 8 nitrogen and oxygen atoms in total. The lowest BCUT2D eigenvalue weighted by atomic mass is 10.1. The number of rotatable bonds is 9. The highest BCUT2D eigenvalue weighted by Gasteiger charge is 2.28. The second-order valence-corrected chi connectivity index (χ2v) is 8.67. The monoisotopic (exact) mass is 456 g/mol.